The third-order valence-corrected chi connectivity index (χ3v) is 5.99. The van der Waals surface area contributed by atoms with Gasteiger partial charge in [0.15, 0.2) is 5.03 Å². The zero-order valence-corrected chi connectivity index (χ0v) is 14.0. The highest BCUT2D eigenvalue weighted by Crippen LogP contribution is 2.24. The maximum absolute atomic E-state index is 12.9. The lowest BCUT2D eigenvalue weighted by Crippen LogP contribution is -2.13. The average Bonchev–Trinajstić information content (AvgIpc) is 2.81. The smallest absolute Gasteiger partial charge is 0.203 e. The number of pyridine rings is 1. The lowest BCUT2D eigenvalue weighted by atomic mass is 10.2. The number of aryl methyl sites for hydroxylation is 1. The molecule has 0 bridgehead atoms. The molecule has 0 radical (unpaired) electrons. The van der Waals surface area contributed by atoms with E-state index in [1.54, 1.807) is 12.3 Å². The summed E-state index contributed by atoms with van der Waals surface area (Å²) in [5, 5.41) is 9.95. The van der Waals surface area contributed by atoms with E-state index in [1.165, 1.54) is 0 Å². The molecule has 0 atom stereocenters. The molecule has 0 saturated heterocycles. The van der Waals surface area contributed by atoms with Gasteiger partial charge in [0.1, 0.15) is 17.4 Å². The Morgan fingerprint density at radius 2 is 1.92 bits per heavy atom. The van der Waals surface area contributed by atoms with Crippen molar-refractivity contribution in [3.8, 4) is 0 Å². The van der Waals surface area contributed by atoms with Crippen molar-refractivity contribution < 1.29 is 8.42 Å². The van der Waals surface area contributed by atoms with E-state index in [4.69, 9.17) is 0 Å². The maximum Gasteiger partial charge on any atom is 0.203 e. The summed E-state index contributed by atoms with van der Waals surface area (Å²) in [5.41, 5.74) is 0. The van der Waals surface area contributed by atoms with E-state index in [2.05, 4.69) is 15.2 Å². The van der Waals surface area contributed by atoms with Crippen LogP contribution < -0.4 is 0 Å². The largest absolute Gasteiger partial charge is 0.314 e. The second kappa shape index (κ2) is 5.98. The fourth-order valence-corrected chi connectivity index (χ4v) is 4.66. The van der Waals surface area contributed by atoms with E-state index in [0.29, 0.717) is 11.2 Å². The van der Waals surface area contributed by atoms with E-state index in [-0.39, 0.29) is 10.8 Å². The van der Waals surface area contributed by atoms with Crippen LogP contribution in [0.2, 0.25) is 0 Å². The molecule has 0 N–H and O–H groups in total. The van der Waals surface area contributed by atoms with E-state index < -0.39 is 9.84 Å². The highest BCUT2D eigenvalue weighted by atomic mass is 32.2. The van der Waals surface area contributed by atoms with Crippen molar-refractivity contribution in [2.45, 2.75) is 43.0 Å². The second-order valence-electron chi connectivity index (χ2n) is 6.09. The van der Waals surface area contributed by atoms with Crippen molar-refractivity contribution in [3.63, 3.8) is 0 Å². The quantitative estimate of drug-likeness (QED) is 0.731. The molecule has 0 saturated carbocycles. The van der Waals surface area contributed by atoms with Gasteiger partial charge in [-0.15, -0.1) is 10.2 Å². The predicted octanol–water partition coefficient (Wildman–Crippen LogP) is 2.53. The Balaban J connectivity index is 1.75. The molecule has 1 aliphatic heterocycles. The van der Waals surface area contributed by atoms with Gasteiger partial charge in [-0.1, -0.05) is 30.7 Å². The standard InChI is InChI=1S/C17H18N4O2S/c22-24(23,17-14-7-4-3-6-13(14)9-10-18-17)12-16-20-19-15-8-2-1-5-11-21(15)16/h3-4,6-7,9-10H,1-2,5,8,11-12H2. The minimum Gasteiger partial charge on any atom is -0.314 e. The number of hydrogen-bond acceptors (Lipinski definition) is 5. The Kier molecular flexibility index (Phi) is 3.80. The summed E-state index contributed by atoms with van der Waals surface area (Å²) < 4.78 is 27.9. The van der Waals surface area contributed by atoms with E-state index in [0.717, 1.165) is 43.4 Å². The van der Waals surface area contributed by atoms with Crippen LogP contribution in [0.25, 0.3) is 10.8 Å². The number of benzene rings is 1. The van der Waals surface area contributed by atoms with Gasteiger partial charge in [0, 0.05) is 24.5 Å². The molecule has 0 amide bonds. The number of rotatable bonds is 3. The number of hydrogen-bond donors (Lipinski definition) is 0. The summed E-state index contributed by atoms with van der Waals surface area (Å²) in [7, 11) is -3.59. The van der Waals surface area contributed by atoms with Crippen LogP contribution in [0.5, 0.6) is 0 Å². The number of fused-ring (bicyclic) bond motifs is 2. The van der Waals surface area contributed by atoms with E-state index in [9.17, 15) is 8.42 Å². The van der Waals surface area contributed by atoms with Crippen LogP contribution in [-0.4, -0.2) is 28.2 Å². The summed E-state index contributed by atoms with van der Waals surface area (Å²) in [6.45, 7) is 0.788. The van der Waals surface area contributed by atoms with Gasteiger partial charge in [-0.2, -0.15) is 0 Å². The Morgan fingerprint density at radius 1 is 1.04 bits per heavy atom. The van der Waals surface area contributed by atoms with Gasteiger partial charge < -0.3 is 4.57 Å². The van der Waals surface area contributed by atoms with Crippen molar-refractivity contribution in [2.75, 3.05) is 0 Å². The van der Waals surface area contributed by atoms with Crippen LogP contribution in [0.1, 0.15) is 30.9 Å². The second-order valence-corrected chi connectivity index (χ2v) is 8.00. The molecule has 2 aromatic heterocycles. The fourth-order valence-electron chi connectivity index (χ4n) is 3.23. The van der Waals surface area contributed by atoms with Crippen LogP contribution >= 0.6 is 0 Å². The molecule has 0 unspecified atom stereocenters. The summed E-state index contributed by atoms with van der Waals surface area (Å²) in [5.74, 6) is 1.24. The first kappa shape index (κ1) is 15.3. The first-order chi connectivity index (χ1) is 11.6. The van der Waals surface area contributed by atoms with Crippen molar-refractivity contribution in [3.05, 3.63) is 48.2 Å². The van der Waals surface area contributed by atoms with Crippen LogP contribution in [0, 0.1) is 0 Å². The van der Waals surface area contributed by atoms with Crippen LogP contribution in [0.15, 0.2) is 41.6 Å². The van der Waals surface area contributed by atoms with Crippen molar-refractivity contribution in [1.82, 2.24) is 19.7 Å². The molecular weight excluding hydrogens is 324 g/mol. The van der Waals surface area contributed by atoms with Gasteiger partial charge in [0.05, 0.1) is 0 Å². The lowest BCUT2D eigenvalue weighted by Gasteiger charge is -2.09. The van der Waals surface area contributed by atoms with Gasteiger partial charge >= 0.3 is 0 Å². The Labute approximate surface area is 140 Å². The third-order valence-electron chi connectivity index (χ3n) is 4.44. The Morgan fingerprint density at radius 3 is 2.83 bits per heavy atom. The lowest BCUT2D eigenvalue weighted by molar-refractivity contribution is 0.581. The average molecular weight is 342 g/mol. The van der Waals surface area contributed by atoms with E-state index in [1.807, 2.05) is 28.8 Å². The topological polar surface area (TPSA) is 77.7 Å². The highest BCUT2D eigenvalue weighted by Gasteiger charge is 2.24. The zero-order valence-electron chi connectivity index (χ0n) is 13.2. The zero-order chi connectivity index (χ0) is 16.6. The molecule has 1 aliphatic rings. The number of nitrogens with zero attached hydrogens (tertiary/aromatic N) is 4. The normalized spacial score (nSPS) is 15.2. The van der Waals surface area contributed by atoms with Crippen LogP contribution in [0.4, 0.5) is 0 Å². The minimum absolute atomic E-state index is 0.117. The first-order valence-corrected chi connectivity index (χ1v) is 9.78. The molecule has 0 fully saturated rings. The molecule has 0 aliphatic carbocycles. The van der Waals surface area contributed by atoms with Crippen molar-refractivity contribution >= 4 is 20.6 Å². The van der Waals surface area contributed by atoms with Crippen LogP contribution in [-0.2, 0) is 28.6 Å². The van der Waals surface area contributed by atoms with Crippen molar-refractivity contribution in [2.24, 2.45) is 0 Å². The van der Waals surface area contributed by atoms with Gasteiger partial charge in [0.25, 0.3) is 0 Å². The summed E-state index contributed by atoms with van der Waals surface area (Å²) in [6.07, 6.45) is 5.65. The van der Waals surface area contributed by atoms with Gasteiger partial charge in [-0.05, 0) is 24.3 Å². The molecule has 1 aromatic carbocycles. The summed E-state index contributed by atoms with van der Waals surface area (Å²) in [4.78, 5) is 4.14. The summed E-state index contributed by atoms with van der Waals surface area (Å²) in [6, 6.07) is 9.21. The summed E-state index contributed by atoms with van der Waals surface area (Å²) >= 11 is 0. The SMILES string of the molecule is O=S(=O)(Cc1nnc2n1CCCCC2)c1nccc2ccccc12. The highest BCUT2D eigenvalue weighted by molar-refractivity contribution is 7.90. The third kappa shape index (κ3) is 2.69. The minimum atomic E-state index is -3.59. The molecular formula is C17H18N4O2S. The van der Waals surface area contributed by atoms with Crippen LogP contribution in [0.3, 0.4) is 0 Å². The van der Waals surface area contributed by atoms with Gasteiger partial charge in [0.2, 0.25) is 9.84 Å². The fraction of sp³-hybridized carbons (Fsp3) is 0.353. The molecule has 24 heavy (non-hydrogen) atoms. The molecule has 3 heterocycles. The maximum atomic E-state index is 12.9. The Bertz CT molecular complexity index is 989. The first-order valence-electron chi connectivity index (χ1n) is 8.13. The van der Waals surface area contributed by atoms with E-state index >= 15 is 0 Å². The Hall–Kier alpha value is -2.28. The van der Waals surface area contributed by atoms with Crippen molar-refractivity contribution in [1.29, 1.82) is 0 Å². The van der Waals surface area contributed by atoms with Gasteiger partial charge in [-0.25, -0.2) is 13.4 Å². The number of sulfone groups is 1. The molecule has 0 spiro atoms. The molecule has 4 rings (SSSR count). The molecule has 124 valence electrons. The predicted molar refractivity (Wildman–Crippen MR) is 90.2 cm³/mol. The number of aromatic nitrogens is 4. The van der Waals surface area contributed by atoms with Gasteiger partial charge in [-0.3, -0.25) is 0 Å². The molecule has 7 heteroatoms. The monoisotopic (exact) mass is 342 g/mol. The molecule has 3 aromatic rings. The molecule has 6 nitrogen and oxygen atoms in total.